The van der Waals surface area contributed by atoms with Crippen molar-refractivity contribution < 1.29 is 5.11 Å². The van der Waals surface area contributed by atoms with E-state index in [1.807, 2.05) is 35.8 Å². The number of fused-ring (bicyclic) bond motifs is 2. The Labute approximate surface area is 155 Å². The van der Waals surface area contributed by atoms with Crippen LogP contribution in [0.5, 0.6) is 0 Å². The van der Waals surface area contributed by atoms with Gasteiger partial charge in [0.2, 0.25) is 0 Å². The fraction of sp³-hybridized carbons (Fsp3) is 0.250. The first kappa shape index (κ1) is 15.7. The molecule has 1 aromatic carbocycles. The lowest BCUT2D eigenvalue weighted by Crippen LogP contribution is -2.22. The van der Waals surface area contributed by atoms with Gasteiger partial charge in [-0.1, -0.05) is 18.2 Å². The van der Waals surface area contributed by atoms with Crippen LogP contribution in [-0.2, 0) is 6.42 Å². The number of pyridine rings is 1. The second kappa shape index (κ2) is 6.30. The van der Waals surface area contributed by atoms with Crippen LogP contribution in [0.2, 0.25) is 0 Å². The van der Waals surface area contributed by atoms with E-state index in [9.17, 15) is 5.11 Å². The molecular formula is C20H18N4OS. The molecule has 1 N–H and O–H groups in total. The van der Waals surface area contributed by atoms with E-state index < -0.39 is 0 Å². The fourth-order valence-electron chi connectivity index (χ4n) is 3.84. The normalized spacial score (nSPS) is 20.3. The average molecular weight is 362 g/mol. The maximum Gasteiger partial charge on any atom is 0.150 e. The summed E-state index contributed by atoms with van der Waals surface area (Å²) in [5, 5.41) is 13.9. The third-order valence-corrected chi connectivity index (χ3v) is 6.05. The quantitative estimate of drug-likeness (QED) is 0.606. The molecule has 6 heteroatoms. The molecule has 0 spiro atoms. The van der Waals surface area contributed by atoms with Crippen molar-refractivity contribution in [2.45, 2.75) is 12.5 Å². The number of aliphatic hydroxyl groups excluding tert-OH is 1. The molecule has 1 saturated heterocycles. The highest BCUT2D eigenvalue weighted by Gasteiger charge is 2.33. The van der Waals surface area contributed by atoms with Crippen LogP contribution in [0.1, 0.15) is 5.56 Å². The highest BCUT2D eigenvalue weighted by Crippen LogP contribution is 2.33. The first-order valence-corrected chi connectivity index (χ1v) is 9.61. The number of benzene rings is 1. The number of hydrogen-bond acceptors (Lipinski definition) is 6. The number of aromatic nitrogens is 3. The Morgan fingerprint density at radius 1 is 1.04 bits per heavy atom. The van der Waals surface area contributed by atoms with E-state index in [2.05, 4.69) is 32.0 Å². The molecule has 0 bridgehead atoms. The Kier molecular flexibility index (Phi) is 3.80. The molecule has 0 aliphatic carbocycles. The summed E-state index contributed by atoms with van der Waals surface area (Å²) in [5.74, 6) is 1.11. The van der Waals surface area contributed by atoms with Crippen molar-refractivity contribution in [3.63, 3.8) is 0 Å². The van der Waals surface area contributed by atoms with Crippen LogP contribution in [0.4, 0.5) is 5.82 Å². The third kappa shape index (κ3) is 2.62. The first-order chi connectivity index (χ1) is 12.8. The molecule has 130 valence electrons. The molecule has 26 heavy (non-hydrogen) atoms. The molecule has 5 nitrogen and oxygen atoms in total. The SMILES string of the molecule is OC1CN(c2ncnc3ccsc23)CC1Cc1ccnc2ccccc12. The van der Waals surface area contributed by atoms with E-state index in [1.165, 1.54) is 10.9 Å². The zero-order chi connectivity index (χ0) is 17.5. The minimum absolute atomic E-state index is 0.172. The van der Waals surface area contributed by atoms with Gasteiger partial charge in [0.05, 0.1) is 21.8 Å². The molecule has 1 aliphatic heterocycles. The van der Waals surface area contributed by atoms with Gasteiger partial charge in [0.1, 0.15) is 12.1 Å². The van der Waals surface area contributed by atoms with E-state index in [0.29, 0.717) is 6.54 Å². The van der Waals surface area contributed by atoms with Crippen molar-refractivity contribution in [2.75, 3.05) is 18.0 Å². The molecule has 0 amide bonds. The number of para-hydroxylation sites is 1. The van der Waals surface area contributed by atoms with E-state index in [0.717, 1.165) is 34.5 Å². The van der Waals surface area contributed by atoms with Crippen molar-refractivity contribution in [2.24, 2.45) is 5.92 Å². The minimum atomic E-state index is -0.369. The van der Waals surface area contributed by atoms with Gasteiger partial charge < -0.3 is 10.0 Å². The fourth-order valence-corrected chi connectivity index (χ4v) is 4.71. The summed E-state index contributed by atoms with van der Waals surface area (Å²) in [4.78, 5) is 15.4. The summed E-state index contributed by atoms with van der Waals surface area (Å²) < 4.78 is 1.09. The summed E-state index contributed by atoms with van der Waals surface area (Å²) in [7, 11) is 0. The standard InChI is InChI=1S/C20H18N4OS/c25-18-11-24(20-19-17(6-8-26-19)22-12-23-20)10-14(18)9-13-5-7-21-16-4-2-1-3-15(13)16/h1-8,12,14,18,25H,9-11H2. The highest BCUT2D eigenvalue weighted by atomic mass is 32.1. The summed E-state index contributed by atoms with van der Waals surface area (Å²) >= 11 is 1.65. The lowest BCUT2D eigenvalue weighted by Gasteiger charge is -2.17. The monoisotopic (exact) mass is 362 g/mol. The van der Waals surface area contributed by atoms with Crippen molar-refractivity contribution in [3.8, 4) is 0 Å². The van der Waals surface area contributed by atoms with Crippen molar-refractivity contribution in [1.29, 1.82) is 0 Å². The van der Waals surface area contributed by atoms with Gasteiger partial charge >= 0.3 is 0 Å². The van der Waals surface area contributed by atoms with Gasteiger partial charge in [0.15, 0.2) is 0 Å². The number of β-amino-alcohol motifs (C(OH)–C–C–N with tert-alkyl or cyclic N) is 1. The molecule has 2 atom stereocenters. The second-order valence-electron chi connectivity index (χ2n) is 6.76. The Morgan fingerprint density at radius 2 is 1.96 bits per heavy atom. The zero-order valence-corrected chi connectivity index (χ0v) is 14.9. The lowest BCUT2D eigenvalue weighted by atomic mass is 9.94. The number of rotatable bonds is 3. The molecule has 0 radical (unpaired) electrons. The second-order valence-corrected chi connectivity index (χ2v) is 7.67. The Morgan fingerprint density at radius 3 is 2.92 bits per heavy atom. The van der Waals surface area contributed by atoms with Gasteiger partial charge in [-0.25, -0.2) is 9.97 Å². The molecular weight excluding hydrogens is 344 g/mol. The van der Waals surface area contributed by atoms with Gasteiger partial charge in [-0.2, -0.15) is 0 Å². The number of hydrogen-bond donors (Lipinski definition) is 1. The summed E-state index contributed by atoms with van der Waals surface area (Å²) in [6, 6.07) is 12.3. The van der Waals surface area contributed by atoms with Gasteiger partial charge in [0.25, 0.3) is 0 Å². The molecule has 2 unspecified atom stereocenters. The van der Waals surface area contributed by atoms with E-state index >= 15 is 0 Å². The molecule has 4 heterocycles. The largest absolute Gasteiger partial charge is 0.391 e. The van der Waals surface area contributed by atoms with Gasteiger partial charge in [-0.3, -0.25) is 4.98 Å². The molecule has 0 saturated carbocycles. The number of aliphatic hydroxyl groups is 1. The van der Waals surface area contributed by atoms with Gasteiger partial charge in [-0.15, -0.1) is 11.3 Å². The van der Waals surface area contributed by atoms with E-state index in [4.69, 9.17) is 0 Å². The molecule has 1 aliphatic rings. The number of nitrogens with zero attached hydrogens (tertiary/aromatic N) is 4. The van der Waals surface area contributed by atoms with Crippen molar-refractivity contribution >= 4 is 38.3 Å². The van der Waals surface area contributed by atoms with Gasteiger partial charge in [-0.05, 0) is 35.6 Å². The van der Waals surface area contributed by atoms with Crippen LogP contribution in [0.15, 0.2) is 54.3 Å². The maximum atomic E-state index is 10.7. The smallest absolute Gasteiger partial charge is 0.150 e. The predicted molar refractivity (Wildman–Crippen MR) is 105 cm³/mol. The van der Waals surface area contributed by atoms with Crippen molar-refractivity contribution in [3.05, 3.63) is 59.9 Å². The van der Waals surface area contributed by atoms with E-state index in [-0.39, 0.29) is 12.0 Å². The van der Waals surface area contributed by atoms with Gasteiger partial charge in [0, 0.05) is 30.6 Å². The highest BCUT2D eigenvalue weighted by molar-refractivity contribution is 7.17. The molecule has 4 aromatic rings. The topological polar surface area (TPSA) is 62.1 Å². The Bertz CT molecular complexity index is 1070. The van der Waals surface area contributed by atoms with Crippen LogP contribution >= 0.6 is 11.3 Å². The lowest BCUT2D eigenvalue weighted by molar-refractivity contribution is 0.148. The van der Waals surface area contributed by atoms with Crippen LogP contribution in [0, 0.1) is 5.92 Å². The number of anilines is 1. The van der Waals surface area contributed by atoms with Crippen LogP contribution in [-0.4, -0.2) is 39.3 Å². The summed E-state index contributed by atoms with van der Waals surface area (Å²) in [5.41, 5.74) is 3.22. The average Bonchev–Trinajstić information content (AvgIpc) is 3.29. The third-order valence-electron chi connectivity index (χ3n) is 5.15. The van der Waals surface area contributed by atoms with Crippen LogP contribution < -0.4 is 4.90 Å². The number of thiophene rings is 1. The Balaban J connectivity index is 1.43. The predicted octanol–water partition coefficient (Wildman–Crippen LogP) is 3.28. The Hall–Kier alpha value is -2.57. The molecule has 1 fully saturated rings. The minimum Gasteiger partial charge on any atom is -0.391 e. The first-order valence-electron chi connectivity index (χ1n) is 8.73. The summed E-state index contributed by atoms with van der Waals surface area (Å²) in [6.07, 6.45) is 3.93. The van der Waals surface area contributed by atoms with Crippen LogP contribution in [0.3, 0.4) is 0 Å². The zero-order valence-electron chi connectivity index (χ0n) is 14.1. The summed E-state index contributed by atoms with van der Waals surface area (Å²) in [6.45, 7) is 1.40. The molecule has 5 rings (SSSR count). The van der Waals surface area contributed by atoms with Crippen LogP contribution in [0.25, 0.3) is 21.1 Å². The van der Waals surface area contributed by atoms with E-state index in [1.54, 1.807) is 17.7 Å². The van der Waals surface area contributed by atoms with Crippen molar-refractivity contribution in [1.82, 2.24) is 15.0 Å². The molecule has 3 aromatic heterocycles. The maximum absolute atomic E-state index is 10.7.